The van der Waals surface area contributed by atoms with E-state index in [0.717, 1.165) is 33.6 Å². The molecule has 3 aromatic carbocycles. The van der Waals surface area contributed by atoms with E-state index >= 15 is 0 Å². The highest BCUT2D eigenvalue weighted by molar-refractivity contribution is 5.92. The highest BCUT2D eigenvalue weighted by atomic mass is 16.5. The fraction of sp³-hybridized carbons (Fsp3) is 0.200. The maximum Gasteiger partial charge on any atom is 0.244 e. The van der Waals surface area contributed by atoms with Crippen LogP contribution in [0.5, 0.6) is 5.75 Å². The van der Waals surface area contributed by atoms with Crippen molar-refractivity contribution in [3.63, 3.8) is 0 Å². The van der Waals surface area contributed by atoms with Crippen molar-refractivity contribution in [1.82, 2.24) is 9.55 Å². The number of carbonyl (C=O) groups is 1. The van der Waals surface area contributed by atoms with Gasteiger partial charge in [-0.05, 0) is 62.2 Å². The Bertz CT molecular complexity index is 1190. The monoisotopic (exact) mass is 399 g/mol. The molecule has 0 aliphatic rings. The largest absolute Gasteiger partial charge is 0.486 e. The molecule has 0 saturated carbocycles. The first-order valence-electron chi connectivity index (χ1n) is 10.0. The van der Waals surface area contributed by atoms with Gasteiger partial charge in [-0.1, -0.05) is 42.0 Å². The Morgan fingerprint density at radius 2 is 1.70 bits per heavy atom. The topological polar surface area (TPSA) is 56.2 Å². The van der Waals surface area contributed by atoms with Crippen LogP contribution in [0.2, 0.25) is 0 Å². The van der Waals surface area contributed by atoms with E-state index in [1.807, 2.05) is 92.1 Å². The van der Waals surface area contributed by atoms with Gasteiger partial charge in [0, 0.05) is 5.69 Å². The van der Waals surface area contributed by atoms with Crippen LogP contribution in [0.3, 0.4) is 0 Å². The quantitative estimate of drug-likeness (QED) is 0.486. The Morgan fingerprint density at radius 3 is 2.50 bits per heavy atom. The molecule has 5 nitrogen and oxygen atoms in total. The van der Waals surface area contributed by atoms with Crippen LogP contribution in [-0.2, 0) is 17.9 Å². The fourth-order valence-corrected chi connectivity index (χ4v) is 3.40. The lowest BCUT2D eigenvalue weighted by Gasteiger charge is -2.13. The summed E-state index contributed by atoms with van der Waals surface area (Å²) in [6.45, 7) is 6.49. The SMILES string of the molecule is Cc1ccc(OCc2nc3ccccc3n2CC(=O)Nc2cc(C)ccc2C)cc1. The second-order valence-corrected chi connectivity index (χ2v) is 7.57. The molecule has 1 aromatic heterocycles. The van der Waals surface area contributed by atoms with Crippen LogP contribution < -0.4 is 10.1 Å². The van der Waals surface area contributed by atoms with E-state index < -0.39 is 0 Å². The summed E-state index contributed by atoms with van der Waals surface area (Å²) in [4.78, 5) is 17.5. The Morgan fingerprint density at radius 1 is 0.967 bits per heavy atom. The number of nitrogens with one attached hydrogen (secondary N) is 1. The van der Waals surface area contributed by atoms with Gasteiger partial charge >= 0.3 is 0 Å². The van der Waals surface area contributed by atoms with Gasteiger partial charge in [-0.2, -0.15) is 0 Å². The minimum atomic E-state index is -0.0940. The molecule has 0 saturated heterocycles. The van der Waals surface area contributed by atoms with E-state index in [9.17, 15) is 4.79 Å². The molecule has 152 valence electrons. The average molecular weight is 399 g/mol. The van der Waals surface area contributed by atoms with Crippen molar-refractivity contribution in [1.29, 1.82) is 0 Å². The summed E-state index contributed by atoms with van der Waals surface area (Å²) < 4.78 is 7.86. The zero-order valence-corrected chi connectivity index (χ0v) is 17.5. The first-order chi connectivity index (χ1) is 14.5. The van der Waals surface area contributed by atoms with Crippen molar-refractivity contribution in [3.8, 4) is 5.75 Å². The number of benzene rings is 3. The molecule has 1 N–H and O–H groups in total. The number of hydrogen-bond acceptors (Lipinski definition) is 3. The first kappa shape index (κ1) is 19.7. The smallest absolute Gasteiger partial charge is 0.244 e. The minimum absolute atomic E-state index is 0.0940. The second-order valence-electron chi connectivity index (χ2n) is 7.57. The molecule has 5 heteroatoms. The lowest BCUT2D eigenvalue weighted by molar-refractivity contribution is -0.116. The van der Waals surface area contributed by atoms with Crippen molar-refractivity contribution in [2.24, 2.45) is 0 Å². The van der Waals surface area contributed by atoms with Gasteiger partial charge in [-0.15, -0.1) is 0 Å². The van der Waals surface area contributed by atoms with E-state index in [1.165, 1.54) is 5.56 Å². The number of anilines is 1. The zero-order chi connectivity index (χ0) is 21.1. The minimum Gasteiger partial charge on any atom is -0.486 e. The third kappa shape index (κ3) is 4.35. The van der Waals surface area contributed by atoms with E-state index in [1.54, 1.807) is 0 Å². The lowest BCUT2D eigenvalue weighted by atomic mass is 10.1. The van der Waals surface area contributed by atoms with Crippen molar-refractivity contribution in [3.05, 3.63) is 89.2 Å². The number of carbonyl (C=O) groups excluding carboxylic acids is 1. The molecular weight excluding hydrogens is 374 g/mol. The van der Waals surface area contributed by atoms with Crippen LogP contribution in [0.15, 0.2) is 66.7 Å². The van der Waals surface area contributed by atoms with Crippen molar-refractivity contribution in [2.75, 3.05) is 5.32 Å². The standard InChI is InChI=1S/C25H25N3O2/c1-17-9-12-20(13-10-17)30-16-24-26-21-6-4-5-7-23(21)28(24)15-25(29)27-22-14-18(2)8-11-19(22)3/h4-14H,15-16H2,1-3H3,(H,27,29). The summed E-state index contributed by atoms with van der Waals surface area (Å²) >= 11 is 0. The molecular formula is C25H25N3O2. The molecule has 0 unspecified atom stereocenters. The van der Waals surface area contributed by atoms with Crippen LogP contribution in [0.4, 0.5) is 5.69 Å². The molecule has 0 bridgehead atoms. The third-order valence-corrected chi connectivity index (χ3v) is 5.09. The zero-order valence-electron chi connectivity index (χ0n) is 17.5. The number of amides is 1. The number of fused-ring (bicyclic) bond motifs is 1. The van der Waals surface area contributed by atoms with E-state index in [-0.39, 0.29) is 19.1 Å². The normalized spacial score (nSPS) is 10.9. The predicted octanol–water partition coefficient (Wildman–Crippen LogP) is 5.18. The van der Waals surface area contributed by atoms with Gasteiger partial charge in [0.2, 0.25) is 5.91 Å². The third-order valence-electron chi connectivity index (χ3n) is 5.09. The maximum atomic E-state index is 12.9. The van der Waals surface area contributed by atoms with Gasteiger partial charge in [-0.3, -0.25) is 4.79 Å². The fourth-order valence-electron chi connectivity index (χ4n) is 3.40. The van der Waals surface area contributed by atoms with Crippen LogP contribution in [0, 0.1) is 20.8 Å². The predicted molar refractivity (Wildman–Crippen MR) is 120 cm³/mol. The van der Waals surface area contributed by atoms with E-state index in [0.29, 0.717) is 5.82 Å². The van der Waals surface area contributed by atoms with Crippen molar-refractivity contribution >= 4 is 22.6 Å². The molecule has 0 atom stereocenters. The first-order valence-corrected chi connectivity index (χ1v) is 10.0. The Balaban J connectivity index is 1.57. The molecule has 4 rings (SSSR count). The number of hydrogen-bond donors (Lipinski definition) is 1. The van der Waals surface area contributed by atoms with Crippen molar-refractivity contribution < 1.29 is 9.53 Å². The number of ether oxygens (including phenoxy) is 1. The summed E-state index contributed by atoms with van der Waals surface area (Å²) in [5, 5.41) is 3.03. The highest BCUT2D eigenvalue weighted by Crippen LogP contribution is 2.20. The van der Waals surface area contributed by atoms with E-state index in [4.69, 9.17) is 9.72 Å². The Kier molecular flexibility index (Phi) is 5.53. The Labute approximate surface area is 176 Å². The second kappa shape index (κ2) is 8.41. The van der Waals surface area contributed by atoms with Crippen LogP contribution in [-0.4, -0.2) is 15.5 Å². The molecule has 0 spiro atoms. The number of para-hydroxylation sites is 2. The highest BCUT2D eigenvalue weighted by Gasteiger charge is 2.15. The number of rotatable bonds is 6. The summed E-state index contributed by atoms with van der Waals surface area (Å²) in [5.74, 6) is 1.40. The molecule has 0 radical (unpaired) electrons. The van der Waals surface area contributed by atoms with Gasteiger partial charge in [0.15, 0.2) is 0 Å². The number of aryl methyl sites for hydroxylation is 3. The maximum absolute atomic E-state index is 12.9. The van der Waals surface area contributed by atoms with Crippen LogP contribution >= 0.6 is 0 Å². The van der Waals surface area contributed by atoms with Gasteiger partial charge in [0.05, 0.1) is 11.0 Å². The van der Waals surface area contributed by atoms with Gasteiger partial charge in [0.25, 0.3) is 0 Å². The molecule has 1 amide bonds. The molecule has 0 aliphatic heterocycles. The summed E-state index contributed by atoms with van der Waals surface area (Å²) in [6, 6.07) is 21.8. The lowest BCUT2D eigenvalue weighted by Crippen LogP contribution is -2.21. The van der Waals surface area contributed by atoms with Gasteiger partial charge in [-0.25, -0.2) is 4.98 Å². The average Bonchev–Trinajstić information content (AvgIpc) is 3.08. The molecule has 0 fully saturated rings. The molecule has 0 aliphatic carbocycles. The van der Waals surface area contributed by atoms with Crippen LogP contribution in [0.1, 0.15) is 22.5 Å². The summed E-state index contributed by atoms with van der Waals surface area (Å²) in [5.41, 5.74) is 5.92. The number of aromatic nitrogens is 2. The Hall–Kier alpha value is -3.60. The molecule has 30 heavy (non-hydrogen) atoms. The van der Waals surface area contributed by atoms with E-state index in [2.05, 4.69) is 5.32 Å². The molecule has 1 heterocycles. The summed E-state index contributed by atoms with van der Waals surface area (Å²) in [7, 11) is 0. The van der Waals surface area contributed by atoms with Crippen molar-refractivity contribution in [2.45, 2.75) is 33.9 Å². The van der Waals surface area contributed by atoms with Crippen LogP contribution in [0.25, 0.3) is 11.0 Å². The number of imidazole rings is 1. The summed E-state index contributed by atoms with van der Waals surface area (Å²) in [6.07, 6.45) is 0. The van der Waals surface area contributed by atoms with Gasteiger partial charge < -0.3 is 14.6 Å². The number of nitrogens with zero attached hydrogens (tertiary/aromatic N) is 2. The molecule has 4 aromatic rings. The van der Waals surface area contributed by atoms with Gasteiger partial charge in [0.1, 0.15) is 24.7 Å².